The molecule has 0 aliphatic rings. The fourth-order valence-corrected chi connectivity index (χ4v) is 4.71. The summed E-state index contributed by atoms with van der Waals surface area (Å²) in [5, 5.41) is 35.5. The second kappa shape index (κ2) is 24.1. The smallest absolute Gasteiger partial charge is 0.336 e. The average molecular weight is 756 g/mol. The number of fused-ring (bicyclic) bond motifs is 1. The van der Waals surface area contributed by atoms with E-state index in [0.29, 0.717) is 11.1 Å². The number of anilines is 1. The van der Waals surface area contributed by atoms with Crippen LogP contribution in [-0.4, -0.2) is 72.0 Å². The zero-order valence-electron chi connectivity index (χ0n) is 31.4. The summed E-state index contributed by atoms with van der Waals surface area (Å²) in [5.74, 6) is -1.22. The van der Waals surface area contributed by atoms with Crippen LogP contribution in [0.4, 0.5) is 17.1 Å². The van der Waals surface area contributed by atoms with Gasteiger partial charge in [0.25, 0.3) is 11.4 Å². The van der Waals surface area contributed by atoms with Gasteiger partial charge in [-0.1, -0.05) is 38.8 Å². The predicted octanol–water partition coefficient (Wildman–Crippen LogP) is 3.61. The number of rotatable bonds is 17. The highest BCUT2D eigenvalue weighted by atomic mass is 16.6. The minimum absolute atomic E-state index is 0.0714. The number of benzene rings is 2. The van der Waals surface area contributed by atoms with E-state index in [0.717, 1.165) is 36.0 Å². The highest BCUT2D eigenvalue weighted by Crippen LogP contribution is 2.28. The van der Waals surface area contributed by atoms with Crippen molar-refractivity contribution < 1.29 is 38.2 Å². The Morgan fingerprint density at radius 3 is 2.11 bits per heavy atom. The van der Waals surface area contributed by atoms with Crippen LogP contribution in [0.5, 0.6) is 0 Å². The number of non-ortho nitro benzene ring substituents is 1. The monoisotopic (exact) mass is 755 g/mol. The Kier molecular flexibility index (Phi) is 20.5. The van der Waals surface area contributed by atoms with Crippen LogP contribution in [0.3, 0.4) is 0 Å². The fraction of sp³-hybridized carbons (Fsp3) is 0.444. The summed E-state index contributed by atoms with van der Waals surface area (Å²) >= 11 is 0. The lowest BCUT2D eigenvalue weighted by Crippen LogP contribution is -2.43. The van der Waals surface area contributed by atoms with E-state index in [1.807, 2.05) is 19.1 Å². The van der Waals surface area contributed by atoms with Gasteiger partial charge >= 0.3 is 5.63 Å². The Bertz CT molecular complexity index is 1840. The van der Waals surface area contributed by atoms with E-state index in [4.69, 9.17) is 4.42 Å². The van der Waals surface area contributed by atoms with Crippen molar-refractivity contribution in [2.24, 2.45) is 0 Å². The predicted molar refractivity (Wildman–Crippen MR) is 202 cm³/mol. The van der Waals surface area contributed by atoms with Gasteiger partial charge in [-0.2, -0.15) is 0 Å². The van der Waals surface area contributed by atoms with Crippen molar-refractivity contribution in [2.45, 2.75) is 79.2 Å². The van der Waals surface area contributed by atoms with E-state index in [9.17, 15) is 49.0 Å². The van der Waals surface area contributed by atoms with Gasteiger partial charge in [0, 0.05) is 64.5 Å². The number of aryl methyl sites for hydroxylation is 1. The molecule has 4 amide bonds. The van der Waals surface area contributed by atoms with Crippen molar-refractivity contribution in [3.8, 4) is 0 Å². The lowest BCUT2D eigenvalue weighted by atomic mass is 10.1. The molecule has 3 rings (SSSR count). The number of amides is 4. The number of carbonyl (C=O) groups excluding carboxylic acids is 5. The normalized spacial score (nSPS) is 10.6. The maximum absolute atomic E-state index is 11.9. The number of unbranched alkanes of at least 4 members (excludes halogenated alkanes) is 2. The Balaban J connectivity index is 0.000000470. The summed E-state index contributed by atoms with van der Waals surface area (Å²) in [6.45, 7) is 9.51. The second-order valence-electron chi connectivity index (χ2n) is 11.9. The van der Waals surface area contributed by atoms with Crippen LogP contribution in [0.2, 0.25) is 0 Å². The molecule has 0 unspecified atom stereocenters. The summed E-state index contributed by atoms with van der Waals surface area (Å²) in [6, 6.07) is 9.23. The van der Waals surface area contributed by atoms with E-state index >= 15 is 0 Å². The molecule has 3 aromatic rings. The van der Waals surface area contributed by atoms with Gasteiger partial charge in [0.05, 0.1) is 34.8 Å². The van der Waals surface area contributed by atoms with Crippen molar-refractivity contribution >= 4 is 57.4 Å². The molecule has 0 aliphatic heterocycles. The van der Waals surface area contributed by atoms with Crippen LogP contribution in [0.15, 0.2) is 51.7 Å². The van der Waals surface area contributed by atoms with Gasteiger partial charge < -0.3 is 31.0 Å². The lowest BCUT2D eigenvalue weighted by Gasteiger charge is -2.16. The first-order chi connectivity index (χ1) is 25.5. The maximum atomic E-state index is 11.9. The molecule has 18 heteroatoms. The minimum atomic E-state index is -0.911. The largest absolute Gasteiger partial charge is 0.423 e. The number of ketones is 1. The highest BCUT2D eigenvalue weighted by Gasteiger charge is 2.22. The molecule has 1 aromatic heterocycles. The Hall–Kier alpha value is -6.20. The number of carbonyl (C=O) groups is 5. The molecule has 0 spiro atoms. The van der Waals surface area contributed by atoms with Crippen LogP contribution in [-0.2, 0) is 30.4 Å². The lowest BCUT2D eigenvalue weighted by molar-refractivity contribution is -0.393. The molecular weight excluding hydrogens is 706 g/mol. The molecule has 0 saturated heterocycles. The van der Waals surface area contributed by atoms with Crippen molar-refractivity contribution in [3.05, 3.63) is 84.2 Å². The number of hydrogen-bond acceptors (Lipinski definition) is 12. The van der Waals surface area contributed by atoms with Crippen LogP contribution in [0.25, 0.3) is 11.0 Å². The van der Waals surface area contributed by atoms with Gasteiger partial charge in [0.15, 0.2) is 5.78 Å². The van der Waals surface area contributed by atoms with Crippen LogP contribution < -0.4 is 32.2 Å². The van der Waals surface area contributed by atoms with E-state index in [-0.39, 0.29) is 55.6 Å². The van der Waals surface area contributed by atoms with Crippen molar-refractivity contribution in [2.75, 3.05) is 32.0 Å². The van der Waals surface area contributed by atoms with E-state index < -0.39 is 44.7 Å². The molecule has 0 bridgehead atoms. The Labute approximate surface area is 312 Å². The molecule has 0 radical (unpaired) electrons. The SMILES string of the molecule is CCC(=O)[C@H](CC(=O)NCCNc1ccc([N+](=O)[O-])cc1[N+](=O)[O-])NC(C)=O.CCCCCNC(C)=O.CNC(=O)Cc1cc(=O)oc2cc(C)ccc12. The van der Waals surface area contributed by atoms with Crippen molar-refractivity contribution in [3.63, 3.8) is 0 Å². The zero-order valence-corrected chi connectivity index (χ0v) is 31.4. The van der Waals surface area contributed by atoms with E-state index in [1.165, 1.54) is 31.9 Å². The molecule has 18 nitrogen and oxygen atoms in total. The topological polar surface area (TPSA) is 262 Å². The van der Waals surface area contributed by atoms with Crippen LogP contribution >= 0.6 is 0 Å². The Morgan fingerprint density at radius 1 is 0.833 bits per heavy atom. The van der Waals surface area contributed by atoms with Crippen molar-refractivity contribution in [1.82, 2.24) is 21.3 Å². The van der Waals surface area contributed by atoms with Crippen LogP contribution in [0, 0.1) is 27.2 Å². The summed E-state index contributed by atoms with van der Waals surface area (Å²) in [6.07, 6.45) is 3.66. The van der Waals surface area contributed by atoms with Crippen LogP contribution in [0.1, 0.15) is 70.9 Å². The highest BCUT2D eigenvalue weighted by molar-refractivity contribution is 5.92. The third kappa shape index (κ3) is 17.3. The van der Waals surface area contributed by atoms with E-state index in [2.05, 4.69) is 33.5 Å². The molecule has 54 heavy (non-hydrogen) atoms. The molecule has 294 valence electrons. The number of nitrogens with one attached hydrogen (secondary N) is 5. The molecule has 0 aliphatic carbocycles. The first-order valence-corrected chi connectivity index (χ1v) is 17.2. The number of hydrogen-bond donors (Lipinski definition) is 5. The van der Waals surface area contributed by atoms with Gasteiger partial charge in [-0.25, -0.2) is 4.79 Å². The summed E-state index contributed by atoms with van der Waals surface area (Å²) in [5.41, 5.74) is 1.00. The first kappa shape index (κ1) is 45.8. The molecule has 2 aromatic carbocycles. The molecule has 5 N–H and O–H groups in total. The number of likely N-dealkylation sites (N-methyl/N-ethyl adjacent to an activating group) is 1. The second-order valence-corrected chi connectivity index (χ2v) is 11.9. The number of nitro benzene ring substituents is 2. The standard InChI is InChI=1S/C16H21N5O7.C13H13NO3.C7H15NO/c1-3-15(23)13(19-10(2)22)9-16(24)18-7-6-17-12-5-4-11(20(25)26)8-14(12)21(27)28;1-8-3-4-10-9(6-12(15)14-2)7-13(16)17-11(10)5-8;1-3-4-5-6-8-7(2)9/h4-5,8,13,17H,3,6-7,9H2,1-2H3,(H,18,24)(H,19,22);3-5,7H,6H2,1-2H3,(H,14,15);3-6H2,1-2H3,(H,8,9)/t13-;;/m0../s1. The van der Waals surface area contributed by atoms with Gasteiger partial charge in [0.1, 0.15) is 11.3 Å². The zero-order chi connectivity index (χ0) is 40.8. The maximum Gasteiger partial charge on any atom is 0.336 e. The average Bonchev–Trinajstić information content (AvgIpc) is 3.11. The third-order valence-electron chi connectivity index (χ3n) is 7.43. The number of nitro groups is 2. The number of Topliss-reactive ketones (excluding diaryl/α,β-unsaturated/α-hetero) is 1. The van der Waals surface area contributed by atoms with Gasteiger partial charge in [0.2, 0.25) is 23.6 Å². The first-order valence-electron chi connectivity index (χ1n) is 17.2. The number of nitrogens with zero attached hydrogens (tertiary/aromatic N) is 2. The molecular formula is C36H49N7O11. The quantitative estimate of drug-likeness (QED) is 0.0573. The Morgan fingerprint density at radius 2 is 1.54 bits per heavy atom. The summed E-state index contributed by atoms with van der Waals surface area (Å²) in [4.78, 5) is 88.1. The van der Waals surface area contributed by atoms with Gasteiger partial charge in [-0.05, 0) is 36.6 Å². The van der Waals surface area contributed by atoms with Gasteiger partial charge in [-0.3, -0.25) is 44.2 Å². The molecule has 0 saturated carbocycles. The van der Waals surface area contributed by atoms with Gasteiger partial charge in [-0.15, -0.1) is 0 Å². The molecule has 0 fully saturated rings. The summed E-state index contributed by atoms with van der Waals surface area (Å²) in [7, 11) is 1.57. The summed E-state index contributed by atoms with van der Waals surface area (Å²) < 4.78 is 5.11. The third-order valence-corrected chi connectivity index (χ3v) is 7.43. The minimum Gasteiger partial charge on any atom is -0.423 e. The molecule has 1 atom stereocenters. The molecule has 1 heterocycles. The van der Waals surface area contributed by atoms with E-state index in [1.54, 1.807) is 27.0 Å². The van der Waals surface area contributed by atoms with Crippen molar-refractivity contribution in [1.29, 1.82) is 0 Å². The fourth-order valence-electron chi connectivity index (χ4n) is 4.71.